The van der Waals surface area contributed by atoms with E-state index in [1.807, 2.05) is 18.2 Å². The Kier molecular flexibility index (Phi) is 5.08. The first-order valence-corrected chi connectivity index (χ1v) is 8.79. The van der Waals surface area contributed by atoms with E-state index in [1.54, 1.807) is 11.3 Å². The molecule has 126 valence electrons. The lowest BCUT2D eigenvalue weighted by Gasteiger charge is -2.20. The highest BCUT2D eigenvalue weighted by molar-refractivity contribution is 7.18. The molecule has 6 heteroatoms. The van der Waals surface area contributed by atoms with Gasteiger partial charge >= 0.3 is 0 Å². The standard InChI is InChI=1S/C18H22N4OS/c1-12-13(2)24-18-16(12)17(19)20-15(21-18)11-22(8-9-23)10-14-6-4-3-5-7-14/h3-7,23H,8-11H2,1-2H3,(H2,19,20,21). The molecule has 0 unspecified atom stereocenters. The first kappa shape index (κ1) is 16.8. The lowest BCUT2D eigenvalue weighted by atomic mass is 10.2. The van der Waals surface area contributed by atoms with Gasteiger partial charge in [0.05, 0.1) is 18.5 Å². The van der Waals surface area contributed by atoms with Gasteiger partial charge in [-0.15, -0.1) is 11.3 Å². The topological polar surface area (TPSA) is 75.3 Å². The number of anilines is 1. The monoisotopic (exact) mass is 342 g/mol. The normalized spacial score (nSPS) is 11.5. The average Bonchev–Trinajstić information content (AvgIpc) is 2.83. The Morgan fingerprint density at radius 1 is 1.12 bits per heavy atom. The second-order valence-corrected chi connectivity index (χ2v) is 7.11. The molecule has 0 spiro atoms. The summed E-state index contributed by atoms with van der Waals surface area (Å²) in [6, 6.07) is 10.2. The van der Waals surface area contributed by atoms with Crippen molar-refractivity contribution >= 4 is 27.4 Å². The molecule has 0 aliphatic rings. The third-order valence-corrected chi connectivity index (χ3v) is 5.23. The van der Waals surface area contributed by atoms with E-state index >= 15 is 0 Å². The smallest absolute Gasteiger partial charge is 0.146 e. The Morgan fingerprint density at radius 2 is 1.88 bits per heavy atom. The number of fused-ring (bicyclic) bond motifs is 1. The molecule has 0 radical (unpaired) electrons. The molecular weight excluding hydrogens is 320 g/mol. The van der Waals surface area contributed by atoms with Gasteiger partial charge in [-0.2, -0.15) is 0 Å². The molecule has 0 bridgehead atoms. The number of hydrogen-bond acceptors (Lipinski definition) is 6. The highest BCUT2D eigenvalue weighted by Crippen LogP contribution is 2.32. The maximum absolute atomic E-state index is 9.35. The second-order valence-electron chi connectivity index (χ2n) is 5.91. The molecule has 5 nitrogen and oxygen atoms in total. The highest BCUT2D eigenvalue weighted by atomic mass is 32.1. The first-order valence-electron chi connectivity index (χ1n) is 7.97. The molecule has 3 rings (SSSR count). The lowest BCUT2D eigenvalue weighted by Crippen LogP contribution is -2.27. The van der Waals surface area contributed by atoms with E-state index in [9.17, 15) is 5.11 Å². The van der Waals surface area contributed by atoms with Crippen molar-refractivity contribution in [2.24, 2.45) is 0 Å². The second kappa shape index (κ2) is 7.25. The molecule has 2 heterocycles. The summed E-state index contributed by atoms with van der Waals surface area (Å²) in [6.45, 7) is 6.10. The van der Waals surface area contributed by atoms with Crippen LogP contribution in [0, 0.1) is 13.8 Å². The van der Waals surface area contributed by atoms with Gasteiger partial charge in [-0.25, -0.2) is 9.97 Å². The molecule has 1 aromatic carbocycles. The molecule has 0 atom stereocenters. The van der Waals surface area contributed by atoms with Crippen LogP contribution in [0.2, 0.25) is 0 Å². The van der Waals surface area contributed by atoms with Gasteiger partial charge in [-0.05, 0) is 25.0 Å². The molecular formula is C18H22N4OS. The summed E-state index contributed by atoms with van der Waals surface area (Å²) in [7, 11) is 0. The quantitative estimate of drug-likeness (QED) is 0.720. The van der Waals surface area contributed by atoms with E-state index in [0.29, 0.717) is 24.7 Å². The van der Waals surface area contributed by atoms with Gasteiger partial charge in [0.15, 0.2) is 0 Å². The van der Waals surface area contributed by atoms with Gasteiger partial charge in [-0.1, -0.05) is 30.3 Å². The predicted octanol–water partition coefficient (Wildman–Crippen LogP) is 2.88. The maximum atomic E-state index is 9.35. The summed E-state index contributed by atoms with van der Waals surface area (Å²) in [5.41, 5.74) is 8.52. The molecule has 2 aromatic heterocycles. The Hall–Kier alpha value is -2.02. The first-order chi connectivity index (χ1) is 11.6. The maximum Gasteiger partial charge on any atom is 0.146 e. The third kappa shape index (κ3) is 3.56. The Labute approximate surface area is 145 Å². The van der Waals surface area contributed by atoms with Crippen molar-refractivity contribution in [1.82, 2.24) is 14.9 Å². The molecule has 0 aliphatic carbocycles. The number of aryl methyl sites for hydroxylation is 2. The third-order valence-electron chi connectivity index (χ3n) is 4.13. The van der Waals surface area contributed by atoms with Gasteiger partial charge < -0.3 is 10.8 Å². The molecule has 3 aromatic rings. The zero-order chi connectivity index (χ0) is 17.1. The van der Waals surface area contributed by atoms with Crippen molar-refractivity contribution in [3.8, 4) is 0 Å². The van der Waals surface area contributed by atoms with E-state index in [4.69, 9.17) is 5.73 Å². The number of aliphatic hydroxyl groups is 1. The van der Waals surface area contributed by atoms with Crippen molar-refractivity contribution in [1.29, 1.82) is 0 Å². The molecule has 0 saturated carbocycles. The van der Waals surface area contributed by atoms with E-state index in [0.717, 1.165) is 22.3 Å². The van der Waals surface area contributed by atoms with E-state index in [-0.39, 0.29) is 6.61 Å². The summed E-state index contributed by atoms with van der Waals surface area (Å²) in [5, 5.41) is 10.3. The summed E-state index contributed by atoms with van der Waals surface area (Å²) in [5.74, 6) is 1.24. The minimum Gasteiger partial charge on any atom is -0.395 e. The van der Waals surface area contributed by atoms with Gasteiger partial charge in [0, 0.05) is 18.0 Å². The minimum atomic E-state index is 0.0990. The number of aromatic nitrogens is 2. The van der Waals surface area contributed by atoms with Crippen LogP contribution in [0.25, 0.3) is 10.2 Å². The van der Waals surface area contributed by atoms with E-state index in [1.165, 1.54) is 10.4 Å². The number of thiophene rings is 1. The van der Waals surface area contributed by atoms with Crippen molar-refractivity contribution in [3.05, 3.63) is 52.2 Å². The number of benzene rings is 1. The lowest BCUT2D eigenvalue weighted by molar-refractivity contribution is 0.181. The Bertz CT molecular complexity index is 832. The van der Waals surface area contributed by atoms with Crippen LogP contribution in [0.15, 0.2) is 30.3 Å². The van der Waals surface area contributed by atoms with Gasteiger partial charge in [0.1, 0.15) is 16.5 Å². The van der Waals surface area contributed by atoms with E-state index in [2.05, 4.69) is 40.8 Å². The molecule has 3 N–H and O–H groups in total. The van der Waals surface area contributed by atoms with Crippen LogP contribution < -0.4 is 5.73 Å². The van der Waals surface area contributed by atoms with Crippen LogP contribution in [-0.2, 0) is 13.1 Å². The van der Waals surface area contributed by atoms with Crippen LogP contribution in [-0.4, -0.2) is 33.1 Å². The number of aliphatic hydroxyl groups excluding tert-OH is 1. The summed E-state index contributed by atoms with van der Waals surface area (Å²) in [6.07, 6.45) is 0. The molecule has 0 aliphatic heterocycles. The Morgan fingerprint density at radius 3 is 2.58 bits per heavy atom. The van der Waals surface area contributed by atoms with Crippen molar-refractivity contribution in [2.75, 3.05) is 18.9 Å². The summed E-state index contributed by atoms with van der Waals surface area (Å²) >= 11 is 1.65. The highest BCUT2D eigenvalue weighted by Gasteiger charge is 2.15. The van der Waals surface area contributed by atoms with E-state index < -0.39 is 0 Å². The number of nitrogens with two attached hydrogens (primary N) is 1. The van der Waals surface area contributed by atoms with Crippen molar-refractivity contribution in [3.63, 3.8) is 0 Å². The molecule has 0 saturated heterocycles. The molecule has 0 amide bonds. The average molecular weight is 342 g/mol. The number of nitrogens with zero attached hydrogens (tertiary/aromatic N) is 3. The van der Waals surface area contributed by atoms with Crippen LogP contribution in [0.5, 0.6) is 0 Å². The van der Waals surface area contributed by atoms with Crippen LogP contribution >= 0.6 is 11.3 Å². The summed E-state index contributed by atoms with van der Waals surface area (Å²) < 4.78 is 0. The SMILES string of the molecule is Cc1sc2nc(CN(CCO)Cc3ccccc3)nc(N)c2c1C. The van der Waals surface area contributed by atoms with Gasteiger partial charge in [0.2, 0.25) is 0 Å². The van der Waals surface area contributed by atoms with Crippen LogP contribution in [0.1, 0.15) is 21.8 Å². The number of rotatable bonds is 6. The molecule has 0 fully saturated rings. The Balaban J connectivity index is 1.85. The van der Waals surface area contributed by atoms with Crippen molar-refractivity contribution < 1.29 is 5.11 Å². The fourth-order valence-corrected chi connectivity index (χ4v) is 3.85. The van der Waals surface area contributed by atoms with Crippen LogP contribution in [0.4, 0.5) is 5.82 Å². The van der Waals surface area contributed by atoms with Crippen LogP contribution in [0.3, 0.4) is 0 Å². The van der Waals surface area contributed by atoms with Gasteiger partial charge in [-0.3, -0.25) is 4.90 Å². The fourth-order valence-electron chi connectivity index (χ4n) is 2.79. The minimum absolute atomic E-state index is 0.0990. The number of hydrogen-bond donors (Lipinski definition) is 2. The fraction of sp³-hybridized carbons (Fsp3) is 0.333. The number of nitrogen functional groups attached to an aromatic ring is 1. The zero-order valence-corrected chi connectivity index (χ0v) is 14.8. The van der Waals surface area contributed by atoms with Crippen molar-refractivity contribution in [2.45, 2.75) is 26.9 Å². The molecule has 24 heavy (non-hydrogen) atoms. The largest absolute Gasteiger partial charge is 0.395 e. The van der Waals surface area contributed by atoms with Gasteiger partial charge in [0.25, 0.3) is 0 Å². The predicted molar refractivity (Wildman–Crippen MR) is 98.9 cm³/mol. The summed E-state index contributed by atoms with van der Waals surface area (Å²) in [4.78, 5) is 13.5. The zero-order valence-electron chi connectivity index (χ0n) is 14.0.